The van der Waals surface area contributed by atoms with Crippen LogP contribution in [0.4, 0.5) is 10.5 Å². The summed E-state index contributed by atoms with van der Waals surface area (Å²) in [5, 5.41) is 3.34. The number of hydrogen-bond donors (Lipinski definition) is 1. The third-order valence-electron chi connectivity index (χ3n) is 5.52. The van der Waals surface area contributed by atoms with E-state index >= 15 is 0 Å². The molecular weight excluding hydrogens is 539 g/mol. The van der Waals surface area contributed by atoms with Gasteiger partial charge in [0, 0.05) is 15.6 Å². The van der Waals surface area contributed by atoms with Crippen molar-refractivity contribution in [1.29, 1.82) is 0 Å². The summed E-state index contributed by atoms with van der Waals surface area (Å²) in [6, 6.07) is 12.6. The van der Waals surface area contributed by atoms with Crippen LogP contribution in [-0.2, 0) is 16.2 Å². The number of urea groups is 1. The van der Waals surface area contributed by atoms with Crippen molar-refractivity contribution in [2.45, 2.75) is 20.5 Å². The number of nitrogens with zero attached hydrogens (tertiary/aromatic N) is 1. The van der Waals surface area contributed by atoms with Crippen LogP contribution in [0.5, 0.6) is 11.5 Å². The van der Waals surface area contributed by atoms with Crippen molar-refractivity contribution in [2.24, 2.45) is 0 Å². The van der Waals surface area contributed by atoms with Crippen LogP contribution < -0.4 is 19.7 Å². The van der Waals surface area contributed by atoms with Crippen molar-refractivity contribution in [3.05, 3.63) is 91.4 Å². The Bertz CT molecular complexity index is 1450. The van der Waals surface area contributed by atoms with E-state index in [-0.39, 0.29) is 28.7 Å². The summed E-state index contributed by atoms with van der Waals surface area (Å²) >= 11 is 18.6. The van der Waals surface area contributed by atoms with Crippen LogP contribution in [0.3, 0.4) is 0 Å². The van der Waals surface area contributed by atoms with Crippen molar-refractivity contribution in [2.75, 3.05) is 12.0 Å². The summed E-state index contributed by atoms with van der Waals surface area (Å²) < 4.78 is 11.3. The third kappa shape index (κ3) is 5.74. The summed E-state index contributed by atoms with van der Waals surface area (Å²) in [6.45, 7) is 3.80. The van der Waals surface area contributed by atoms with Crippen molar-refractivity contribution in [1.82, 2.24) is 5.32 Å². The second-order valence-electron chi connectivity index (χ2n) is 8.36. The minimum Gasteiger partial charge on any atom is -0.493 e. The number of benzene rings is 3. The van der Waals surface area contributed by atoms with Gasteiger partial charge in [0.15, 0.2) is 11.5 Å². The lowest BCUT2D eigenvalue weighted by Crippen LogP contribution is -2.54. The number of nitrogens with one attached hydrogen (secondary N) is 1. The zero-order valence-corrected chi connectivity index (χ0v) is 22.3. The van der Waals surface area contributed by atoms with Gasteiger partial charge in [-0.25, -0.2) is 9.69 Å². The maximum atomic E-state index is 13.3. The van der Waals surface area contributed by atoms with E-state index in [4.69, 9.17) is 44.3 Å². The van der Waals surface area contributed by atoms with Gasteiger partial charge in [-0.1, -0.05) is 46.9 Å². The number of anilines is 1. The first kappa shape index (κ1) is 26.5. The van der Waals surface area contributed by atoms with Gasteiger partial charge in [-0.2, -0.15) is 0 Å². The number of aryl methyl sites for hydroxylation is 2. The van der Waals surface area contributed by atoms with Gasteiger partial charge < -0.3 is 9.47 Å². The second-order valence-corrected chi connectivity index (χ2v) is 9.61. The molecule has 1 fully saturated rings. The quantitative estimate of drug-likeness (QED) is 0.275. The zero-order valence-electron chi connectivity index (χ0n) is 20.0. The normalized spacial score (nSPS) is 14.7. The van der Waals surface area contributed by atoms with Gasteiger partial charge in [0.05, 0.1) is 17.8 Å². The second kappa shape index (κ2) is 10.8. The van der Waals surface area contributed by atoms with E-state index in [1.165, 1.54) is 19.3 Å². The molecule has 0 aromatic heterocycles. The summed E-state index contributed by atoms with van der Waals surface area (Å²) in [5.74, 6) is -1.05. The molecule has 190 valence electrons. The first-order valence-electron chi connectivity index (χ1n) is 11.0. The fraction of sp³-hybridized carbons (Fsp3) is 0.148. The molecule has 1 N–H and O–H groups in total. The number of imide groups is 2. The molecule has 10 heteroatoms. The Hall–Kier alpha value is -3.52. The summed E-state index contributed by atoms with van der Waals surface area (Å²) in [7, 11) is 1.43. The lowest BCUT2D eigenvalue weighted by Gasteiger charge is -2.27. The molecule has 0 atom stereocenters. The molecule has 1 aliphatic rings. The number of ether oxygens (including phenoxy) is 2. The Labute approximate surface area is 228 Å². The molecule has 3 aromatic carbocycles. The minimum atomic E-state index is -0.822. The maximum absolute atomic E-state index is 13.3. The molecule has 1 saturated heterocycles. The monoisotopic (exact) mass is 558 g/mol. The van der Waals surface area contributed by atoms with Crippen molar-refractivity contribution in [3.63, 3.8) is 0 Å². The lowest BCUT2D eigenvalue weighted by atomic mass is 10.0. The lowest BCUT2D eigenvalue weighted by molar-refractivity contribution is -0.122. The summed E-state index contributed by atoms with van der Waals surface area (Å²) in [4.78, 5) is 39.3. The van der Waals surface area contributed by atoms with Crippen molar-refractivity contribution < 1.29 is 23.9 Å². The van der Waals surface area contributed by atoms with Gasteiger partial charge >= 0.3 is 6.03 Å². The SMILES string of the molecule is COc1cc(/C=C2\C(=O)NC(=O)N(c3cc(C)cc(C)c3)C2=O)cc(Cl)c1OCc1ccc(Cl)cc1Cl. The number of amides is 4. The Morgan fingerprint density at radius 1 is 0.919 bits per heavy atom. The molecular formula is C27H21Cl3N2O5. The number of carbonyl (C=O) groups is 3. The molecule has 0 radical (unpaired) electrons. The molecule has 1 aliphatic heterocycles. The highest BCUT2D eigenvalue weighted by Crippen LogP contribution is 2.38. The van der Waals surface area contributed by atoms with Gasteiger partial charge in [0.2, 0.25) is 0 Å². The van der Waals surface area contributed by atoms with Crippen LogP contribution in [0, 0.1) is 13.8 Å². The summed E-state index contributed by atoms with van der Waals surface area (Å²) in [6.07, 6.45) is 1.34. The van der Waals surface area contributed by atoms with E-state index in [9.17, 15) is 14.4 Å². The molecule has 0 saturated carbocycles. The number of barbiturate groups is 1. The number of carbonyl (C=O) groups excluding carboxylic acids is 3. The van der Waals surface area contributed by atoms with E-state index in [0.717, 1.165) is 16.0 Å². The zero-order chi connectivity index (χ0) is 26.9. The van der Waals surface area contributed by atoms with Crippen molar-refractivity contribution in [3.8, 4) is 11.5 Å². The van der Waals surface area contributed by atoms with Crippen LogP contribution in [0.15, 0.2) is 54.1 Å². The Balaban J connectivity index is 1.65. The predicted molar refractivity (Wildman–Crippen MR) is 144 cm³/mol. The molecule has 0 unspecified atom stereocenters. The first-order valence-corrected chi connectivity index (χ1v) is 12.1. The number of methoxy groups -OCH3 is 1. The smallest absolute Gasteiger partial charge is 0.335 e. The minimum absolute atomic E-state index is 0.0976. The number of halogens is 3. The largest absolute Gasteiger partial charge is 0.493 e. The highest BCUT2D eigenvalue weighted by Gasteiger charge is 2.37. The van der Waals surface area contributed by atoms with E-state index < -0.39 is 17.8 Å². The molecule has 0 bridgehead atoms. The molecule has 7 nitrogen and oxygen atoms in total. The van der Waals surface area contributed by atoms with Crippen LogP contribution in [0.1, 0.15) is 22.3 Å². The van der Waals surface area contributed by atoms with E-state index in [2.05, 4.69) is 5.32 Å². The van der Waals surface area contributed by atoms with Crippen LogP contribution >= 0.6 is 34.8 Å². The molecule has 4 rings (SSSR count). The highest BCUT2D eigenvalue weighted by molar-refractivity contribution is 6.39. The van der Waals surface area contributed by atoms with E-state index in [1.807, 2.05) is 19.9 Å². The van der Waals surface area contributed by atoms with Gasteiger partial charge in [0.25, 0.3) is 11.8 Å². The fourth-order valence-electron chi connectivity index (χ4n) is 3.89. The standard InChI is InChI=1S/C27H21Cl3N2O5/c1-14-6-15(2)8-19(7-14)32-26(34)20(25(33)31-27(32)35)9-16-10-22(30)24(23(11-16)36-3)37-13-17-4-5-18(28)12-21(17)29/h4-12H,13H2,1-3H3,(H,31,33,35)/b20-9+. The van der Waals surface area contributed by atoms with Crippen LogP contribution in [0.25, 0.3) is 6.08 Å². The van der Waals surface area contributed by atoms with Gasteiger partial charge in [0.1, 0.15) is 12.2 Å². The Morgan fingerprint density at radius 3 is 2.27 bits per heavy atom. The van der Waals surface area contributed by atoms with Crippen molar-refractivity contribution >= 4 is 64.4 Å². The summed E-state index contributed by atoms with van der Waals surface area (Å²) in [5.41, 5.74) is 2.94. The molecule has 1 heterocycles. The molecule has 4 amide bonds. The van der Waals surface area contributed by atoms with E-state index in [0.29, 0.717) is 26.9 Å². The molecule has 0 aliphatic carbocycles. The Kier molecular flexibility index (Phi) is 7.78. The fourth-order valence-corrected chi connectivity index (χ4v) is 4.63. The molecule has 37 heavy (non-hydrogen) atoms. The Morgan fingerprint density at radius 2 is 1.62 bits per heavy atom. The average Bonchev–Trinajstić information content (AvgIpc) is 2.81. The maximum Gasteiger partial charge on any atom is 0.335 e. The topological polar surface area (TPSA) is 84.9 Å². The molecule has 3 aromatic rings. The van der Waals surface area contributed by atoms with Crippen LogP contribution in [-0.4, -0.2) is 25.0 Å². The number of rotatable bonds is 6. The van der Waals surface area contributed by atoms with Gasteiger partial charge in [-0.05, 0) is 73.0 Å². The third-order valence-corrected chi connectivity index (χ3v) is 6.38. The van der Waals surface area contributed by atoms with E-state index in [1.54, 1.807) is 36.4 Å². The highest BCUT2D eigenvalue weighted by atomic mass is 35.5. The predicted octanol–water partition coefficient (Wildman–Crippen LogP) is 6.52. The molecule has 0 spiro atoms. The van der Waals surface area contributed by atoms with Gasteiger partial charge in [-0.15, -0.1) is 0 Å². The van der Waals surface area contributed by atoms with Gasteiger partial charge in [-0.3, -0.25) is 14.9 Å². The first-order chi connectivity index (χ1) is 17.6. The number of hydrogen-bond acceptors (Lipinski definition) is 5. The average molecular weight is 560 g/mol. The van der Waals surface area contributed by atoms with Crippen LogP contribution in [0.2, 0.25) is 15.1 Å².